The number of ketones is 1. The van der Waals surface area contributed by atoms with E-state index in [1.165, 1.54) is 4.90 Å². The van der Waals surface area contributed by atoms with Crippen molar-refractivity contribution in [1.29, 1.82) is 0 Å². The molecule has 0 saturated carbocycles. The second kappa shape index (κ2) is 8.89. The Morgan fingerprint density at radius 1 is 1.03 bits per heavy atom. The van der Waals surface area contributed by atoms with Gasteiger partial charge in [-0.2, -0.15) is 0 Å². The van der Waals surface area contributed by atoms with E-state index in [1.807, 2.05) is 38.1 Å². The number of aryl methyl sites for hydroxylation is 1. The van der Waals surface area contributed by atoms with Crippen LogP contribution in [0.2, 0.25) is 5.02 Å². The predicted molar refractivity (Wildman–Crippen MR) is 125 cm³/mol. The average Bonchev–Trinajstić information content (AvgIpc) is 3.05. The Morgan fingerprint density at radius 3 is 2.44 bits per heavy atom. The summed E-state index contributed by atoms with van der Waals surface area (Å²) in [6.07, 6.45) is 0. The minimum absolute atomic E-state index is 0.0317. The van der Waals surface area contributed by atoms with Gasteiger partial charge in [0.1, 0.15) is 11.5 Å². The molecular weight excluding hydrogens is 426 g/mol. The summed E-state index contributed by atoms with van der Waals surface area (Å²) < 4.78 is 5.53. The van der Waals surface area contributed by atoms with Gasteiger partial charge in [-0.05, 0) is 55.8 Å². The summed E-state index contributed by atoms with van der Waals surface area (Å²) in [4.78, 5) is 27.7. The standard InChI is InChI=1S/C26H22ClNO4/c1-3-32-21-9-5-8-18(15-21)24(29)22-23(17-7-4-6-16(2)14-17)28(26(31)25(22)30)20-12-10-19(27)11-13-20/h4-15,23,29H,3H2,1-2H3/b24-22-. The maximum absolute atomic E-state index is 13.2. The highest BCUT2D eigenvalue weighted by atomic mass is 35.5. The fourth-order valence-corrected chi connectivity index (χ4v) is 4.04. The van der Waals surface area contributed by atoms with Crippen molar-refractivity contribution in [1.82, 2.24) is 0 Å². The van der Waals surface area contributed by atoms with Crippen LogP contribution in [0.15, 0.2) is 78.4 Å². The predicted octanol–water partition coefficient (Wildman–Crippen LogP) is 5.67. The molecule has 5 nitrogen and oxygen atoms in total. The van der Waals surface area contributed by atoms with Crippen molar-refractivity contribution in [2.75, 3.05) is 11.5 Å². The number of rotatable bonds is 5. The SMILES string of the molecule is CCOc1cccc(/C(O)=C2/C(=O)C(=O)N(c3ccc(Cl)cc3)C2c2cccc(C)c2)c1. The van der Waals surface area contributed by atoms with E-state index in [2.05, 4.69) is 0 Å². The number of Topliss-reactive ketones (excluding diaryl/α,β-unsaturated/α-hetero) is 1. The fourth-order valence-electron chi connectivity index (χ4n) is 3.91. The zero-order valence-corrected chi connectivity index (χ0v) is 18.5. The Balaban J connectivity index is 1.92. The van der Waals surface area contributed by atoms with Gasteiger partial charge in [0.2, 0.25) is 0 Å². The Kier molecular flexibility index (Phi) is 6.01. The smallest absolute Gasteiger partial charge is 0.300 e. The summed E-state index contributed by atoms with van der Waals surface area (Å²) >= 11 is 6.03. The molecule has 32 heavy (non-hydrogen) atoms. The molecule has 3 aromatic rings. The minimum Gasteiger partial charge on any atom is -0.507 e. The first-order valence-electron chi connectivity index (χ1n) is 10.3. The summed E-state index contributed by atoms with van der Waals surface area (Å²) in [5.41, 5.74) is 2.65. The van der Waals surface area contributed by atoms with Crippen molar-refractivity contribution >= 4 is 34.7 Å². The number of carbonyl (C=O) groups excluding carboxylic acids is 2. The van der Waals surface area contributed by atoms with Crippen LogP contribution < -0.4 is 9.64 Å². The molecule has 0 radical (unpaired) electrons. The van der Waals surface area contributed by atoms with Crippen molar-refractivity contribution in [3.63, 3.8) is 0 Å². The zero-order valence-electron chi connectivity index (χ0n) is 17.7. The second-order valence-corrected chi connectivity index (χ2v) is 7.96. The minimum atomic E-state index is -0.785. The van der Waals surface area contributed by atoms with Crippen LogP contribution in [0.3, 0.4) is 0 Å². The summed E-state index contributed by atoms with van der Waals surface area (Å²) in [7, 11) is 0. The van der Waals surface area contributed by atoms with E-state index < -0.39 is 17.7 Å². The molecule has 0 aliphatic carbocycles. The second-order valence-electron chi connectivity index (χ2n) is 7.52. The molecule has 1 atom stereocenters. The molecule has 162 valence electrons. The molecular formula is C26H22ClNO4. The van der Waals surface area contributed by atoms with E-state index in [9.17, 15) is 14.7 Å². The third kappa shape index (κ3) is 3.99. The highest BCUT2D eigenvalue weighted by molar-refractivity contribution is 6.51. The normalized spacial score (nSPS) is 17.6. The number of hydrogen-bond acceptors (Lipinski definition) is 4. The largest absolute Gasteiger partial charge is 0.507 e. The topological polar surface area (TPSA) is 66.8 Å². The molecule has 0 spiro atoms. The summed E-state index contributed by atoms with van der Waals surface area (Å²) in [6, 6.07) is 20.3. The first kappa shape index (κ1) is 21.7. The molecule has 1 heterocycles. The number of ether oxygens (including phenoxy) is 1. The number of hydrogen-bond donors (Lipinski definition) is 1. The van der Waals surface area contributed by atoms with Gasteiger partial charge in [-0.1, -0.05) is 53.6 Å². The van der Waals surface area contributed by atoms with Crippen molar-refractivity contribution in [2.45, 2.75) is 19.9 Å². The lowest BCUT2D eigenvalue weighted by molar-refractivity contribution is -0.132. The number of aliphatic hydroxyl groups excluding tert-OH is 1. The van der Waals surface area contributed by atoms with Crippen LogP contribution in [-0.2, 0) is 9.59 Å². The molecule has 6 heteroatoms. The highest BCUT2D eigenvalue weighted by Crippen LogP contribution is 2.42. The zero-order chi connectivity index (χ0) is 22.8. The first-order chi connectivity index (χ1) is 15.4. The fraction of sp³-hybridized carbons (Fsp3) is 0.154. The first-order valence-corrected chi connectivity index (χ1v) is 10.6. The van der Waals surface area contributed by atoms with Crippen LogP contribution >= 0.6 is 11.6 Å². The van der Waals surface area contributed by atoms with E-state index in [-0.39, 0.29) is 11.3 Å². The van der Waals surface area contributed by atoms with Crippen LogP contribution in [0.25, 0.3) is 5.76 Å². The van der Waals surface area contributed by atoms with Crippen molar-refractivity contribution in [3.05, 3.63) is 100 Å². The number of benzene rings is 3. The van der Waals surface area contributed by atoms with E-state index in [4.69, 9.17) is 16.3 Å². The number of nitrogens with zero attached hydrogens (tertiary/aromatic N) is 1. The Morgan fingerprint density at radius 2 is 1.75 bits per heavy atom. The van der Waals surface area contributed by atoms with Crippen LogP contribution in [0.4, 0.5) is 5.69 Å². The third-order valence-corrected chi connectivity index (χ3v) is 5.58. The van der Waals surface area contributed by atoms with Gasteiger partial charge >= 0.3 is 0 Å². The maximum Gasteiger partial charge on any atom is 0.300 e. The molecule has 1 fully saturated rings. The Hall–Kier alpha value is -3.57. The van der Waals surface area contributed by atoms with Gasteiger partial charge in [-0.3, -0.25) is 14.5 Å². The molecule has 1 unspecified atom stereocenters. The van der Waals surface area contributed by atoms with Crippen LogP contribution in [0.1, 0.15) is 29.7 Å². The molecule has 3 aromatic carbocycles. The molecule has 4 rings (SSSR count). The summed E-state index contributed by atoms with van der Waals surface area (Å²) in [5.74, 6) is -1.13. The monoisotopic (exact) mass is 447 g/mol. The van der Waals surface area contributed by atoms with Gasteiger partial charge in [0, 0.05) is 16.3 Å². The van der Waals surface area contributed by atoms with E-state index in [0.29, 0.717) is 28.6 Å². The number of halogens is 1. The Labute approximate surface area is 191 Å². The number of aliphatic hydroxyl groups is 1. The summed E-state index contributed by atoms with van der Waals surface area (Å²) in [5, 5.41) is 11.7. The van der Waals surface area contributed by atoms with Crippen molar-refractivity contribution in [3.8, 4) is 5.75 Å². The third-order valence-electron chi connectivity index (χ3n) is 5.33. The van der Waals surface area contributed by atoms with Crippen LogP contribution in [-0.4, -0.2) is 23.4 Å². The van der Waals surface area contributed by atoms with Crippen LogP contribution in [0, 0.1) is 6.92 Å². The number of amides is 1. The lowest BCUT2D eigenvalue weighted by Crippen LogP contribution is -2.29. The molecule has 1 aliphatic heterocycles. The van der Waals surface area contributed by atoms with Gasteiger partial charge in [-0.15, -0.1) is 0 Å². The van der Waals surface area contributed by atoms with E-state index in [1.54, 1.807) is 48.5 Å². The van der Waals surface area contributed by atoms with Crippen molar-refractivity contribution in [2.24, 2.45) is 0 Å². The molecule has 0 bridgehead atoms. The summed E-state index contributed by atoms with van der Waals surface area (Å²) in [6.45, 7) is 4.26. The van der Waals surface area contributed by atoms with Crippen molar-refractivity contribution < 1.29 is 19.4 Å². The maximum atomic E-state index is 13.2. The van der Waals surface area contributed by atoms with Gasteiger partial charge in [0.05, 0.1) is 18.2 Å². The molecule has 0 aromatic heterocycles. The quantitative estimate of drug-likeness (QED) is 0.310. The van der Waals surface area contributed by atoms with Gasteiger partial charge in [-0.25, -0.2) is 0 Å². The van der Waals surface area contributed by atoms with Gasteiger partial charge in [0.15, 0.2) is 0 Å². The lowest BCUT2D eigenvalue weighted by atomic mass is 9.94. The van der Waals surface area contributed by atoms with Gasteiger partial charge in [0.25, 0.3) is 11.7 Å². The molecule has 1 N–H and O–H groups in total. The molecule has 1 amide bonds. The number of anilines is 1. The average molecular weight is 448 g/mol. The van der Waals surface area contributed by atoms with Crippen LogP contribution in [0.5, 0.6) is 5.75 Å². The molecule has 1 saturated heterocycles. The van der Waals surface area contributed by atoms with E-state index >= 15 is 0 Å². The molecule has 1 aliphatic rings. The number of carbonyl (C=O) groups is 2. The Bertz CT molecular complexity index is 1220. The van der Waals surface area contributed by atoms with Gasteiger partial charge < -0.3 is 9.84 Å². The van der Waals surface area contributed by atoms with E-state index in [0.717, 1.165) is 11.1 Å². The lowest BCUT2D eigenvalue weighted by Gasteiger charge is -2.25. The highest BCUT2D eigenvalue weighted by Gasteiger charge is 2.47.